The van der Waals surface area contributed by atoms with Crippen molar-refractivity contribution >= 4 is 21.8 Å². The standard InChI is InChI=1S/C27H36O3Si2/c1-31(2,21-7-9-23-13-17-25(28)18-14-23)30-32(3,27-11-5-4-6-12-27)22-8-10-24-15-19-26(29)20-16-24/h4-6,11-20,28-29H,7-10,21-22H2,1-3H3. The van der Waals surface area contributed by atoms with Crippen LogP contribution in [0, 0.1) is 0 Å². The lowest BCUT2D eigenvalue weighted by Crippen LogP contribution is -2.54. The van der Waals surface area contributed by atoms with Gasteiger partial charge in [-0.3, -0.25) is 0 Å². The molecule has 0 saturated heterocycles. The first kappa shape index (κ1) is 24.3. The van der Waals surface area contributed by atoms with E-state index in [0.29, 0.717) is 11.5 Å². The zero-order chi connectivity index (χ0) is 23.0. The van der Waals surface area contributed by atoms with Crippen molar-refractivity contribution in [1.29, 1.82) is 0 Å². The summed E-state index contributed by atoms with van der Waals surface area (Å²) >= 11 is 0. The highest BCUT2D eigenvalue weighted by Crippen LogP contribution is 2.26. The lowest BCUT2D eigenvalue weighted by Gasteiger charge is -2.37. The van der Waals surface area contributed by atoms with Gasteiger partial charge in [0.05, 0.1) is 0 Å². The number of phenolic OH excluding ortho intramolecular Hbond substituents is 2. The Balaban J connectivity index is 1.63. The van der Waals surface area contributed by atoms with E-state index in [2.05, 4.69) is 50.0 Å². The van der Waals surface area contributed by atoms with Crippen LogP contribution in [0.4, 0.5) is 0 Å². The largest absolute Gasteiger partial charge is 0.508 e. The van der Waals surface area contributed by atoms with Crippen LogP contribution in [0.2, 0.25) is 31.7 Å². The Bertz CT molecular complexity index is 956. The fourth-order valence-corrected chi connectivity index (χ4v) is 13.6. The summed E-state index contributed by atoms with van der Waals surface area (Å²) in [5.74, 6) is 0.643. The van der Waals surface area contributed by atoms with Crippen LogP contribution < -0.4 is 5.19 Å². The van der Waals surface area contributed by atoms with Crippen molar-refractivity contribution in [1.82, 2.24) is 0 Å². The molecular weight excluding hydrogens is 428 g/mol. The van der Waals surface area contributed by atoms with Gasteiger partial charge in [0.15, 0.2) is 8.32 Å². The molecule has 0 aromatic heterocycles. The zero-order valence-corrected chi connectivity index (χ0v) is 21.6. The van der Waals surface area contributed by atoms with Gasteiger partial charge in [-0.25, -0.2) is 0 Å². The molecule has 0 aliphatic carbocycles. The van der Waals surface area contributed by atoms with Crippen LogP contribution >= 0.6 is 0 Å². The molecule has 0 amide bonds. The average molecular weight is 465 g/mol. The SMILES string of the molecule is C[Si](C)(CCCc1ccc(O)cc1)O[Si](C)(CCCc1ccc(O)cc1)c1ccccc1. The predicted octanol–water partition coefficient (Wildman–Crippen LogP) is 6.37. The lowest BCUT2D eigenvalue weighted by molar-refractivity contribution is 0.474. The summed E-state index contributed by atoms with van der Waals surface area (Å²) in [5, 5.41) is 20.4. The van der Waals surface area contributed by atoms with E-state index in [0.717, 1.165) is 37.8 Å². The van der Waals surface area contributed by atoms with Gasteiger partial charge in [0.2, 0.25) is 8.32 Å². The molecule has 1 unspecified atom stereocenters. The lowest BCUT2D eigenvalue weighted by atomic mass is 10.1. The molecule has 2 N–H and O–H groups in total. The van der Waals surface area contributed by atoms with E-state index in [1.807, 2.05) is 24.3 Å². The van der Waals surface area contributed by atoms with Crippen molar-refractivity contribution in [3.05, 3.63) is 90.0 Å². The molecule has 32 heavy (non-hydrogen) atoms. The van der Waals surface area contributed by atoms with Gasteiger partial charge in [-0.2, -0.15) is 0 Å². The van der Waals surface area contributed by atoms with Crippen molar-refractivity contribution in [2.24, 2.45) is 0 Å². The van der Waals surface area contributed by atoms with Crippen LogP contribution in [0.5, 0.6) is 11.5 Å². The van der Waals surface area contributed by atoms with E-state index < -0.39 is 16.6 Å². The van der Waals surface area contributed by atoms with E-state index in [1.54, 1.807) is 24.3 Å². The van der Waals surface area contributed by atoms with Gasteiger partial charge in [-0.1, -0.05) is 54.6 Å². The van der Waals surface area contributed by atoms with Gasteiger partial charge in [0.1, 0.15) is 11.5 Å². The molecule has 0 heterocycles. The van der Waals surface area contributed by atoms with Gasteiger partial charge in [-0.05, 0) is 98.0 Å². The van der Waals surface area contributed by atoms with Gasteiger partial charge in [0, 0.05) is 0 Å². The minimum absolute atomic E-state index is 0.320. The number of hydrogen-bond acceptors (Lipinski definition) is 3. The number of aryl methyl sites for hydroxylation is 2. The van der Waals surface area contributed by atoms with E-state index >= 15 is 0 Å². The Labute approximate surface area is 195 Å². The molecule has 3 aromatic carbocycles. The summed E-state index contributed by atoms with van der Waals surface area (Å²) in [4.78, 5) is 0. The van der Waals surface area contributed by atoms with E-state index in [9.17, 15) is 10.2 Å². The number of benzene rings is 3. The molecule has 0 aliphatic rings. The second kappa shape index (κ2) is 11.0. The van der Waals surface area contributed by atoms with Crippen LogP contribution in [-0.4, -0.2) is 26.8 Å². The van der Waals surface area contributed by atoms with Gasteiger partial charge in [0.25, 0.3) is 0 Å². The third-order valence-electron chi connectivity index (χ3n) is 6.12. The maximum atomic E-state index is 9.52. The second-order valence-electron chi connectivity index (χ2n) is 9.50. The molecule has 3 nitrogen and oxygen atoms in total. The number of hydrogen-bond donors (Lipinski definition) is 2. The quantitative estimate of drug-likeness (QED) is 0.324. The summed E-state index contributed by atoms with van der Waals surface area (Å²) in [6.45, 7) is 7.10. The maximum Gasteiger partial charge on any atom is 0.209 e. The Morgan fingerprint density at radius 3 is 1.59 bits per heavy atom. The number of phenols is 2. The Morgan fingerprint density at radius 1 is 0.625 bits per heavy atom. The third kappa shape index (κ3) is 7.36. The van der Waals surface area contributed by atoms with Crippen LogP contribution in [-0.2, 0) is 17.0 Å². The molecule has 0 spiro atoms. The molecule has 0 fully saturated rings. The monoisotopic (exact) mass is 464 g/mol. The maximum absolute atomic E-state index is 9.52. The predicted molar refractivity (Wildman–Crippen MR) is 139 cm³/mol. The third-order valence-corrected chi connectivity index (χ3v) is 14.6. The van der Waals surface area contributed by atoms with Gasteiger partial charge < -0.3 is 14.3 Å². The Morgan fingerprint density at radius 2 is 1.09 bits per heavy atom. The first-order valence-electron chi connectivity index (χ1n) is 11.6. The highest BCUT2D eigenvalue weighted by molar-refractivity contribution is 6.93. The molecule has 3 rings (SSSR count). The summed E-state index contributed by atoms with van der Waals surface area (Å²) in [6, 6.07) is 28.2. The fourth-order valence-electron chi connectivity index (χ4n) is 4.38. The molecule has 0 aliphatic heterocycles. The Kier molecular flexibility index (Phi) is 8.34. The molecule has 170 valence electrons. The van der Waals surface area contributed by atoms with Crippen LogP contribution in [0.15, 0.2) is 78.9 Å². The Hall–Kier alpha value is -2.35. The molecular formula is C27H36O3Si2. The second-order valence-corrected chi connectivity index (χ2v) is 17.9. The summed E-state index contributed by atoms with van der Waals surface area (Å²) < 4.78 is 7.12. The van der Waals surface area contributed by atoms with Gasteiger partial charge >= 0.3 is 0 Å². The van der Waals surface area contributed by atoms with E-state index in [1.165, 1.54) is 16.3 Å². The summed E-state index contributed by atoms with van der Waals surface area (Å²) in [7, 11) is -3.93. The number of rotatable bonds is 11. The normalized spacial score (nSPS) is 13.6. The molecule has 5 heteroatoms. The van der Waals surface area contributed by atoms with Crippen LogP contribution in [0.1, 0.15) is 24.0 Å². The van der Waals surface area contributed by atoms with Crippen molar-refractivity contribution < 1.29 is 14.3 Å². The summed E-state index contributed by atoms with van der Waals surface area (Å²) in [5.41, 5.74) is 2.53. The molecule has 0 saturated carbocycles. The topological polar surface area (TPSA) is 49.7 Å². The molecule has 1 atom stereocenters. The highest BCUT2D eigenvalue weighted by atomic mass is 28.4. The molecule has 3 aromatic rings. The highest BCUT2D eigenvalue weighted by Gasteiger charge is 2.37. The van der Waals surface area contributed by atoms with Crippen molar-refractivity contribution in [3.63, 3.8) is 0 Å². The average Bonchev–Trinajstić information content (AvgIpc) is 2.77. The van der Waals surface area contributed by atoms with Crippen LogP contribution in [0.3, 0.4) is 0 Å². The minimum atomic E-state index is -2.08. The van der Waals surface area contributed by atoms with Crippen molar-refractivity contribution in [3.8, 4) is 11.5 Å². The summed E-state index contributed by atoms with van der Waals surface area (Å²) in [6.07, 6.45) is 4.21. The molecule has 0 radical (unpaired) electrons. The fraction of sp³-hybridized carbons (Fsp3) is 0.333. The zero-order valence-electron chi connectivity index (χ0n) is 19.6. The van der Waals surface area contributed by atoms with Crippen LogP contribution in [0.25, 0.3) is 0 Å². The number of aromatic hydroxyl groups is 2. The van der Waals surface area contributed by atoms with Crippen molar-refractivity contribution in [2.75, 3.05) is 0 Å². The van der Waals surface area contributed by atoms with Crippen molar-refractivity contribution in [2.45, 2.75) is 57.4 Å². The minimum Gasteiger partial charge on any atom is -0.508 e. The van der Waals surface area contributed by atoms with E-state index in [-0.39, 0.29) is 0 Å². The smallest absolute Gasteiger partial charge is 0.209 e. The molecule has 0 bridgehead atoms. The van der Waals surface area contributed by atoms with Gasteiger partial charge in [-0.15, -0.1) is 0 Å². The first-order chi connectivity index (χ1) is 15.3. The van der Waals surface area contributed by atoms with E-state index in [4.69, 9.17) is 4.12 Å². The first-order valence-corrected chi connectivity index (χ1v) is 17.3.